The molecule has 0 fully saturated rings. The van der Waals surface area contributed by atoms with E-state index >= 15 is 0 Å². The van der Waals surface area contributed by atoms with E-state index in [1.165, 1.54) is 12.1 Å². The van der Waals surface area contributed by atoms with Crippen LogP contribution in [0, 0.1) is 0 Å². The Bertz CT molecular complexity index is 589. The zero-order valence-corrected chi connectivity index (χ0v) is 10.7. The van der Waals surface area contributed by atoms with Crippen molar-refractivity contribution in [2.24, 2.45) is 0 Å². The Morgan fingerprint density at radius 1 is 0.750 bits per heavy atom. The van der Waals surface area contributed by atoms with E-state index in [0.29, 0.717) is 25.4 Å². The Morgan fingerprint density at radius 3 is 1.50 bits per heavy atom. The number of aldehydes is 2. The van der Waals surface area contributed by atoms with E-state index in [0.717, 1.165) is 11.1 Å². The molecular formula is C16H14O4. The fraction of sp³-hybridized carbons (Fsp3) is 0.125. The monoisotopic (exact) mass is 270 g/mol. The third-order valence-electron chi connectivity index (χ3n) is 3.14. The predicted octanol–water partition coefficient (Wildman–Crippen LogP) is 2.51. The highest BCUT2D eigenvalue weighted by atomic mass is 16.3. The molecule has 0 bridgehead atoms. The number of hydrogen-bond acceptors (Lipinski definition) is 4. The summed E-state index contributed by atoms with van der Waals surface area (Å²) in [5, 5.41) is 18.8. The van der Waals surface area contributed by atoms with Crippen LogP contribution < -0.4 is 0 Å². The number of benzene rings is 2. The molecule has 0 unspecified atom stereocenters. The third kappa shape index (κ3) is 3.03. The number of carbonyl (C=O) groups is 2. The van der Waals surface area contributed by atoms with Gasteiger partial charge >= 0.3 is 0 Å². The quantitative estimate of drug-likeness (QED) is 0.819. The van der Waals surface area contributed by atoms with Crippen LogP contribution in [-0.2, 0) is 12.8 Å². The minimum absolute atomic E-state index is 0.0309. The van der Waals surface area contributed by atoms with Gasteiger partial charge in [0.25, 0.3) is 0 Å². The van der Waals surface area contributed by atoms with Gasteiger partial charge in [-0.2, -0.15) is 0 Å². The Morgan fingerprint density at radius 2 is 1.15 bits per heavy atom. The van der Waals surface area contributed by atoms with E-state index in [1.807, 2.05) is 0 Å². The second-order valence-corrected chi connectivity index (χ2v) is 4.52. The van der Waals surface area contributed by atoms with Crippen LogP contribution in [0.15, 0.2) is 36.4 Å². The number of carbonyl (C=O) groups excluding carboxylic acids is 2. The summed E-state index contributed by atoms with van der Waals surface area (Å²) in [6.07, 6.45) is 2.57. The summed E-state index contributed by atoms with van der Waals surface area (Å²) in [4.78, 5) is 21.5. The second-order valence-electron chi connectivity index (χ2n) is 4.52. The zero-order chi connectivity index (χ0) is 14.5. The number of phenolic OH excluding ortho intramolecular Hbond substituents is 2. The van der Waals surface area contributed by atoms with Crippen molar-refractivity contribution in [3.8, 4) is 11.5 Å². The van der Waals surface area contributed by atoms with E-state index < -0.39 is 0 Å². The maximum absolute atomic E-state index is 10.7. The van der Waals surface area contributed by atoms with E-state index in [1.54, 1.807) is 24.3 Å². The highest BCUT2D eigenvalue weighted by molar-refractivity contribution is 5.80. The smallest absolute Gasteiger partial charge is 0.153 e. The van der Waals surface area contributed by atoms with Gasteiger partial charge in [0.15, 0.2) is 12.6 Å². The van der Waals surface area contributed by atoms with Crippen LogP contribution in [0.25, 0.3) is 0 Å². The lowest BCUT2D eigenvalue weighted by molar-refractivity contribution is 0.111. The van der Waals surface area contributed by atoms with Gasteiger partial charge < -0.3 is 10.2 Å². The van der Waals surface area contributed by atoms with Gasteiger partial charge in [-0.3, -0.25) is 9.59 Å². The van der Waals surface area contributed by atoms with Crippen molar-refractivity contribution in [3.63, 3.8) is 0 Å². The zero-order valence-electron chi connectivity index (χ0n) is 10.7. The molecule has 102 valence electrons. The van der Waals surface area contributed by atoms with Crippen LogP contribution in [0.1, 0.15) is 31.8 Å². The summed E-state index contributed by atoms with van der Waals surface area (Å²) in [5.74, 6) is -0.0618. The molecule has 20 heavy (non-hydrogen) atoms. The van der Waals surface area contributed by atoms with Crippen molar-refractivity contribution >= 4 is 12.6 Å². The maximum atomic E-state index is 10.7. The molecular weight excluding hydrogens is 256 g/mol. The molecule has 2 aromatic rings. The molecule has 0 saturated heterocycles. The van der Waals surface area contributed by atoms with Gasteiger partial charge in [0.2, 0.25) is 0 Å². The molecule has 0 aliphatic heterocycles. The van der Waals surface area contributed by atoms with Crippen molar-refractivity contribution < 1.29 is 19.8 Å². The minimum atomic E-state index is -0.0309. The molecule has 0 aliphatic rings. The summed E-state index contributed by atoms with van der Waals surface area (Å²) in [5.41, 5.74) is 2.37. The molecule has 0 atom stereocenters. The van der Waals surface area contributed by atoms with Gasteiger partial charge in [-0.1, -0.05) is 12.1 Å². The number of aryl methyl sites for hydroxylation is 2. The van der Waals surface area contributed by atoms with Crippen LogP contribution in [0.2, 0.25) is 0 Å². The second kappa shape index (κ2) is 6.02. The Kier molecular flexibility index (Phi) is 4.15. The average Bonchev–Trinajstić information content (AvgIpc) is 2.47. The number of hydrogen-bond donors (Lipinski definition) is 2. The summed E-state index contributed by atoms with van der Waals surface area (Å²) in [7, 11) is 0. The summed E-state index contributed by atoms with van der Waals surface area (Å²) in [6, 6.07) is 9.78. The average molecular weight is 270 g/mol. The molecule has 4 heteroatoms. The van der Waals surface area contributed by atoms with Crippen LogP contribution >= 0.6 is 0 Å². The first-order valence-electron chi connectivity index (χ1n) is 6.18. The SMILES string of the molecule is O=Cc1cc(CCc2ccc(O)c(C=O)c2)ccc1O. The standard InChI is InChI=1S/C16H14O4/c17-9-13-7-11(3-5-15(13)19)1-2-12-4-6-16(20)14(8-12)10-18/h3-10,19-20H,1-2H2. The molecule has 0 amide bonds. The lowest BCUT2D eigenvalue weighted by Gasteiger charge is -2.06. The van der Waals surface area contributed by atoms with E-state index in [4.69, 9.17) is 0 Å². The number of aromatic hydroxyl groups is 2. The Balaban J connectivity index is 2.12. The molecule has 4 nitrogen and oxygen atoms in total. The van der Waals surface area contributed by atoms with Crippen LogP contribution in [0.4, 0.5) is 0 Å². The molecule has 0 spiro atoms. The van der Waals surface area contributed by atoms with Gasteiger partial charge in [-0.25, -0.2) is 0 Å². The summed E-state index contributed by atoms with van der Waals surface area (Å²) >= 11 is 0. The highest BCUT2D eigenvalue weighted by Crippen LogP contribution is 2.20. The van der Waals surface area contributed by atoms with Gasteiger partial charge in [0.05, 0.1) is 11.1 Å². The van der Waals surface area contributed by atoms with Gasteiger partial charge in [-0.05, 0) is 48.2 Å². The fourth-order valence-electron chi connectivity index (χ4n) is 2.00. The summed E-state index contributed by atoms with van der Waals surface area (Å²) in [6.45, 7) is 0. The lowest BCUT2D eigenvalue weighted by Crippen LogP contribution is -1.94. The van der Waals surface area contributed by atoms with Crippen LogP contribution in [0.5, 0.6) is 11.5 Å². The van der Waals surface area contributed by atoms with E-state index in [-0.39, 0.29) is 22.6 Å². The van der Waals surface area contributed by atoms with Crippen molar-refractivity contribution in [2.45, 2.75) is 12.8 Å². The first-order valence-corrected chi connectivity index (χ1v) is 6.18. The molecule has 2 rings (SSSR count). The first-order chi connectivity index (χ1) is 9.63. The Labute approximate surface area is 116 Å². The molecule has 0 saturated carbocycles. The van der Waals surface area contributed by atoms with Crippen LogP contribution in [0.3, 0.4) is 0 Å². The topological polar surface area (TPSA) is 74.6 Å². The van der Waals surface area contributed by atoms with Crippen molar-refractivity contribution in [1.82, 2.24) is 0 Å². The molecule has 0 heterocycles. The third-order valence-corrected chi connectivity index (χ3v) is 3.14. The van der Waals surface area contributed by atoms with Gasteiger partial charge in [-0.15, -0.1) is 0 Å². The number of phenols is 2. The molecule has 0 radical (unpaired) electrons. The highest BCUT2D eigenvalue weighted by Gasteiger charge is 2.04. The number of rotatable bonds is 5. The lowest BCUT2D eigenvalue weighted by atomic mass is 10.0. The first kappa shape index (κ1) is 13.8. The van der Waals surface area contributed by atoms with Crippen molar-refractivity contribution in [1.29, 1.82) is 0 Å². The summed E-state index contributed by atoms with van der Waals surface area (Å²) < 4.78 is 0. The largest absolute Gasteiger partial charge is 0.507 e. The van der Waals surface area contributed by atoms with Crippen molar-refractivity contribution in [3.05, 3.63) is 58.7 Å². The molecule has 0 aliphatic carbocycles. The van der Waals surface area contributed by atoms with E-state index in [9.17, 15) is 19.8 Å². The van der Waals surface area contributed by atoms with Gasteiger partial charge in [0.1, 0.15) is 11.5 Å². The predicted molar refractivity (Wildman–Crippen MR) is 74.4 cm³/mol. The molecule has 2 N–H and O–H groups in total. The minimum Gasteiger partial charge on any atom is -0.507 e. The Hall–Kier alpha value is -2.62. The maximum Gasteiger partial charge on any atom is 0.153 e. The fourth-order valence-corrected chi connectivity index (χ4v) is 2.00. The van der Waals surface area contributed by atoms with Crippen molar-refractivity contribution in [2.75, 3.05) is 0 Å². The molecule has 0 aromatic heterocycles. The normalized spacial score (nSPS) is 10.2. The van der Waals surface area contributed by atoms with Gasteiger partial charge in [0, 0.05) is 0 Å². The van der Waals surface area contributed by atoms with E-state index in [2.05, 4.69) is 0 Å². The molecule has 2 aromatic carbocycles. The van der Waals surface area contributed by atoms with Crippen LogP contribution in [-0.4, -0.2) is 22.8 Å².